The van der Waals surface area contributed by atoms with Crippen LogP contribution < -0.4 is 0 Å². The van der Waals surface area contributed by atoms with Crippen molar-refractivity contribution in [1.29, 1.82) is 0 Å². The largest absolute Gasteiger partial charge is 0.256 e. The molecule has 232 valence electrons. The Kier molecular flexibility index (Phi) is 6.42. The first-order valence-corrected chi connectivity index (χ1v) is 16.7. The van der Waals surface area contributed by atoms with Crippen LogP contribution in [-0.2, 0) is 0 Å². The van der Waals surface area contributed by atoms with Crippen molar-refractivity contribution in [2.45, 2.75) is 0 Å². The van der Waals surface area contributed by atoms with Crippen molar-refractivity contribution in [3.05, 3.63) is 164 Å². The lowest BCUT2D eigenvalue weighted by Gasteiger charge is -2.16. The minimum Gasteiger partial charge on any atom is -0.256 e. The van der Waals surface area contributed by atoms with Gasteiger partial charge in [0, 0.05) is 55.4 Å². The van der Waals surface area contributed by atoms with E-state index in [0.29, 0.717) is 17.5 Å². The minimum absolute atomic E-state index is 0.619. The minimum atomic E-state index is 0.619. The first-order valence-electron chi connectivity index (χ1n) is 16.7. The van der Waals surface area contributed by atoms with Gasteiger partial charge in [-0.2, -0.15) is 0 Å². The zero-order valence-corrected chi connectivity index (χ0v) is 26.8. The Morgan fingerprint density at radius 3 is 1.44 bits per heavy atom. The number of nitrogens with zero attached hydrogens (tertiary/aromatic N) is 5. The van der Waals surface area contributed by atoms with Gasteiger partial charge < -0.3 is 0 Å². The molecule has 3 heterocycles. The predicted molar refractivity (Wildman–Crippen MR) is 205 cm³/mol. The van der Waals surface area contributed by atoms with Gasteiger partial charge in [0.2, 0.25) is 0 Å². The van der Waals surface area contributed by atoms with Crippen LogP contribution in [0.15, 0.2) is 164 Å². The summed E-state index contributed by atoms with van der Waals surface area (Å²) in [5.41, 5.74) is 6.66. The van der Waals surface area contributed by atoms with Crippen LogP contribution in [0.4, 0.5) is 0 Å². The highest BCUT2D eigenvalue weighted by molar-refractivity contribution is 6.34. The highest BCUT2D eigenvalue weighted by Gasteiger charge is 2.19. The molecule has 10 rings (SSSR count). The van der Waals surface area contributed by atoms with E-state index < -0.39 is 0 Å². The third kappa shape index (κ3) is 4.52. The summed E-state index contributed by atoms with van der Waals surface area (Å²) in [7, 11) is 0. The summed E-state index contributed by atoms with van der Waals surface area (Å²) < 4.78 is 0. The molecule has 0 bridgehead atoms. The highest BCUT2D eigenvalue weighted by Crippen LogP contribution is 2.43. The average Bonchev–Trinajstić information content (AvgIpc) is 3.21. The molecular weight excluding hydrogens is 611 g/mol. The molecule has 0 spiro atoms. The third-order valence-corrected chi connectivity index (χ3v) is 9.52. The number of hydrogen-bond donors (Lipinski definition) is 0. The van der Waals surface area contributed by atoms with Crippen molar-refractivity contribution < 1.29 is 0 Å². The third-order valence-electron chi connectivity index (χ3n) is 9.52. The Balaban J connectivity index is 1.21. The first kappa shape index (κ1) is 28.2. The molecule has 0 amide bonds. The van der Waals surface area contributed by atoms with E-state index in [2.05, 4.69) is 91.0 Å². The van der Waals surface area contributed by atoms with Gasteiger partial charge in [0.05, 0.1) is 16.7 Å². The molecule has 5 heteroatoms. The molecule has 7 aromatic carbocycles. The van der Waals surface area contributed by atoms with Crippen molar-refractivity contribution in [1.82, 2.24) is 24.9 Å². The Bertz CT molecular complexity index is 2840. The van der Waals surface area contributed by atoms with Crippen LogP contribution in [0.5, 0.6) is 0 Å². The summed E-state index contributed by atoms with van der Waals surface area (Å²) in [6.45, 7) is 0. The molecule has 0 aliphatic carbocycles. The molecule has 0 N–H and O–H groups in total. The maximum Gasteiger partial charge on any atom is 0.164 e. The summed E-state index contributed by atoms with van der Waals surface area (Å²) in [6.07, 6.45) is 1.88. The number of fused-ring (bicyclic) bond motifs is 10. The Morgan fingerprint density at radius 1 is 0.300 bits per heavy atom. The molecule has 3 aromatic heterocycles. The lowest BCUT2D eigenvalue weighted by molar-refractivity contribution is 1.07. The van der Waals surface area contributed by atoms with Gasteiger partial charge in [-0.25, -0.2) is 19.9 Å². The van der Waals surface area contributed by atoms with Gasteiger partial charge in [0.25, 0.3) is 0 Å². The number of pyridine rings is 2. The predicted octanol–water partition coefficient (Wildman–Crippen LogP) is 11.1. The van der Waals surface area contributed by atoms with Crippen molar-refractivity contribution in [2.24, 2.45) is 0 Å². The van der Waals surface area contributed by atoms with Gasteiger partial charge in [-0.3, -0.25) is 4.98 Å². The molecule has 0 aliphatic heterocycles. The van der Waals surface area contributed by atoms with Crippen LogP contribution in [0.25, 0.3) is 99.5 Å². The van der Waals surface area contributed by atoms with Crippen molar-refractivity contribution >= 4 is 54.1 Å². The highest BCUT2D eigenvalue weighted by atomic mass is 15.0. The molecule has 0 atom stereocenters. The fraction of sp³-hybridized carbons (Fsp3) is 0. The standard InChI is InChI=1S/C45H27N5/c1-3-12-30(13-4-1)43-48-44(31-14-5-2-6-15-31)50-45(49-43)32-23-21-29(22-24-32)40-37-26-25-28-16-11-27-46-41(28)39(37)38-35-19-9-7-17-33(35)34-18-8-10-20-36(34)42(38)47-40/h1-27H. The van der Waals surface area contributed by atoms with E-state index in [1.807, 2.05) is 72.9 Å². The van der Waals surface area contributed by atoms with Crippen LogP contribution in [0.2, 0.25) is 0 Å². The maximum absolute atomic E-state index is 5.50. The van der Waals surface area contributed by atoms with Crippen LogP contribution in [0.1, 0.15) is 0 Å². The molecular formula is C45H27N5. The average molecular weight is 638 g/mol. The second kappa shape index (κ2) is 11.4. The molecule has 0 saturated carbocycles. The topological polar surface area (TPSA) is 64.5 Å². The number of hydrogen-bond acceptors (Lipinski definition) is 5. The monoisotopic (exact) mass is 637 g/mol. The lowest BCUT2D eigenvalue weighted by atomic mass is 9.91. The van der Waals surface area contributed by atoms with E-state index in [1.54, 1.807) is 0 Å². The van der Waals surface area contributed by atoms with E-state index in [0.717, 1.165) is 65.9 Å². The summed E-state index contributed by atoms with van der Waals surface area (Å²) in [6, 6.07) is 54.2. The van der Waals surface area contributed by atoms with E-state index in [4.69, 9.17) is 24.9 Å². The van der Waals surface area contributed by atoms with Gasteiger partial charge in [0.15, 0.2) is 17.5 Å². The second-order valence-electron chi connectivity index (χ2n) is 12.5. The van der Waals surface area contributed by atoms with Gasteiger partial charge in [0.1, 0.15) is 0 Å². The second-order valence-corrected chi connectivity index (χ2v) is 12.5. The quantitative estimate of drug-likeness (QED) is 0.180. The molecule has 0 radical (unpaired) electrons. The molecule has 5 nitrogen and oxygen atoms in total. The Morgan fingerprint density at radius 2 is 0.800 bits per heavy atom. The normalized spacial score (nSPS) is 11.6. The number of rotatable bonds is 4. The molecule has 0 unspecified atom stereocenters. The summed E-state index contributed by atoms with van der Waals surface area (Å²) in [4.78, 5) is 25.2. The number of aromatic nitrogens is 5. The van der Waals surface area contributed by atoms with Gasteiger partial charge in [-0.05, 0) is 22.2 Å². The van der Waals surface area contributed by atoms with Crippen LogP contribution in [0, 0.1) is 0 Å². The van der Waals surface area contributed by atoms with E-state index in [-0.39, 0.29) is 0 Å². The smallest absolute Gasteiger partial charge is 0.164 e. The van der Waals surface area contributed by atoms with Gasteiger partial charge in [-0.15, -0.1) is 0 Å². The van der Waals surface area contributed by atoms with Crippen molar-refractivity contribution in [2.75, 3.05) is 0 Å². The Labute approximate surface area is 287 Å². The van der Waals surface area contributed by atoms with Gasteiger partial charge in [-0.1, -0.05) is 152 Å². The van der Waals surface area contributed by atoms with Crippen LogP contribution in [0.3, 0.4) is 0 Å². The summed E-state index contributed by atoms with van der Waals surface area (Å²) in [5, 5.41) is 9.12. The lowest BCUT2D eigenvalue weighted by Crippen LogP contribution is -2.00. The zero-order chi connectivity index (χ0) is 33.0. The van der Waals surface area contributed by atoms with Crippen LogP contribution in [-0.4, -0.2) is 24.9 Å². The maximum atomic E-state index is 5.50. The molecule has 10 aromatic rings. The molecule has 0 saturated heterocycles. The molecule has 0 fully saturated rings. The zero-order valence-electron chi connectivity index (χ0n) is 26.8. The van der Waals surface area contributed by atoms with E-state index in [1.165, 1.54) is 16.2 Å². The first-order chi connectivity index (χ1) is 24.8. The SMILES string of the molecule is c1ccc(-c2nc(-c3ccccc3)nc(-c3ccc(-c4nc5c6ccccc6c6ccccc6c5c5c4ccc4cccnc45)cc3)n2)cc1. The van der Waals surface area contributed by atoms with E-state index >= 15 is 0 Å². The van der Waals surface area contributed by atoms with Crippen molar-refractivity contribution in [3.63, 3.8) is 0 Å². The summed E-state index contributed by atoms with van der Waals surface area (Å²) in [5.74, 6) is 1.90. The van der Waals surface area contributed by atoms with Crippen LogP contribution >= 0.6 is 0 Å². The van der Waals surface area contributed by atoms with Crippen molar-refractivity contribution in [3.8, 4) is 45.4 Å². The molecule has 50 heavy (non-hydrogen) atoms. The fourth-order valence-electron chi connectivity index (χ4n) is 7.19. The Hall–Kier alpha value is -6.85. The fourth-order valence-corrected chi connectivity index (χ4v) is 7.19. The summed E-state index contributed by atoms with van der Waals surface area (Å²) >= 11 is 0. The van der Waals surface area contributed by atoms with Gasteiger partial charge >= 0.3 is 0 Å². The van der Waals surface area contributed by atoms with E-state index in [9.17, 15) is 0 Å². The molecule has 0 aliphatic rings. The number of benzene rings is 7.